The Bertz CT molecular complexity index is 1470. The van der Waals surface area contributed by atoms with E-state index in [0.717, 1.165) is 72.1 Å². The van der Waals surface area contributed by atoms with E-state index in [1.807, 2.05) is 65.6 Å². The van der Waals surface area contributed by atoms with Crippen LogP contribution in [0.2, 0.25) is 0 Å². The number of aromatic nitrogens is 3. The smallest absolute Gasteiger partial charge is 0.251 e. The van der Waals surface area contributed by atoms with Gasteiger partial charge in [-0.25, -0.2) is 0 Å². The first-order chi connectivity index (χ1) is 19.5. The summed E-state index contributed by atoms with van der Waals surface area (Å²) in [4.78, 5) is 31.2. The zero-order chi connectivity index (χ0) is 27.6. The fraction of sp³-hybridized carbons (Fsp3) is 0.375. The highest BCUT2D eigenvalue weighted by molar-refractivity contribution is 6.01. The second kappa shape index (κ2) is 11.1. The number of piperidine rings is 1. The Labute approximate surface area is 234 Å². The average Bonchev–Trinajstić information content (AvgIpc) is 3.50. The summed E-state index contributed by atoms with van der Waals surface area (Å²) >= 11 is 0. The number of pyridine rings is 1. The second-order valence-electron chi connectivity index (χ2n) is 11.4. The molecule has 0 saturated carbocycles. The lowest BCUT2D eigenvalue weighted by Gasteiger charge is -2.36. The van der Waals surface area contributed by atoms with Crippen molar-refractivity contribution in [1.29, 1.82) is 0 Å². The van der Waals surface area contributed by atoms with Gasteiger partial charge in [0.05, 0.1) is 22.9 Å². The van der Waals surface area contributed by atoms with Gasteiger partial charge in [0.15, 0.2) is 0 Å². The van der Waals surface area contributed by atoms with Crippen molar-refractivity contribution >= 4 is 23.2 Å². The minimum atomic E-state index is -0.165. The van der Waals surface area contributed by atoms with Crippen LogP contribution in [0.1, 0.15) is 68.0 Å². The molecule has 2 aromatic heterocycles. The van der Waals surface area contributed by atoms with E-state index in [-0.39, 0.29) is 18.1 Å². The van der Waals surface area contributed by atoms with Gasteiger partial charge in [-0.05, 0) is 79.8 Å². The van der Waals surface area contributed by atoms with Crippen molar-refractivity contribution in [3.05, 3.63) is 78.1 Å². The van der Waals surface area contributed by atoms with Crippen LogP contribution in [0.3, 0.4) is 0 Å². The molecule has 1 unspecified atom stereocenters. The van der Waals surface area contributed by atoms with Crippen LogP contribution in [0, 0.1) is 5.92 Å². The maximum absolute atomic E-state index is 13.3. The Morgan fingerprint density at radius 2 is 1.88 bits per heavy atom. The van der Waals surface area contributed by atoms with Crippen LogP contribution in [0.25, 0.3) is 22.2 Å². The number of carbonyl (C=O) groups excluding carboxylic acids is 2. The van der Waals surface area contributed by atoms with Crippen LogP contribution >= 0.6 is 0 Å². The Morgan fingerprint density at radius 1 is 1.10 bits per heavy atom. The van der Waals surface area contributed by atoms with Crippen LogP contribution in [0.5, 0.6) is 5.75 Å². The largest absolute Gasteiger partial charge is 0.490 e. The number of carbonyl (C=O) groups is 2. The zero-order valence-corrected chi connectivity index (χ0v) is 22.9. The molecule has 2 aliphatic heterocycles. The summed E-state index contributed by atoms with van der Waals surface area (Å²) in [5.41, 5.74) is 4.04. The van der Waals surface area contributed by atoms with E-state index in [9.17, 15) is 9.59 Å². The van der Waals surface area contributed by atoms with E-state index in [1.54, 1.807) is 6.20 Å². The molecule has 2 bridgehead atoms. The van der Waals surface area contributed by atoms with Gasteiger partial charge in [-0.15, -0.1) is 0 Å². The van der Waals surface area contributed by atoms with Crippen molar-refractivity contribution < 1.29 is 14.3 Å². The van der Waals surface area contributed by atoms with E-state index in [4.69, 9.17) is 4.74 Å². The van der Waals surface area contributed by atoms with E-state index in [0.29, 0.717) is 23.6 Å². The molecular formula is C32H35N5O3. The third kappa shape index (κ3) is 5.30. The molecule has 2 saturated heterocycles. The first kappa shape index (κ1) is 26.0. The highest BCUT2D eigenvalue weighted by Crippen LogP contribution is 2.36. The number of rotatable bonds is 9. The maximum atomic E-state index is 13.3. The summed E-state index contributed by atoms with van der Waals surface area (Å²) in [7, 11) is 0. The third-order valence-electron chi connectivity index (χ3n) is 8.18. The summed E-state index contributed by atoms with van der Waals surface area (Å²) in [6.07, 6.45) is 7.57. The maximum Gasteiger partial charge on any atom is 0.251 e. The second-order valence-corrected chi connectivity index (χ2v) is 11.4. The Balaban J connectivity index is 1.18. The molecule has 8 nitrogen and oxygen atoms in total. The third-order valence-corrected chi connectivity index (χ3v) is 8.18. The van der Waals surface area contributed by atoms with Gasteiger partial charge in [0.25, 0.3) is 5.91 Å². The number of ether oxygens (including phenoxy) is 1. The van der Waals surface area contributed by atoms with Gasteiger partial charge in [0, 0.05) is 47.6 Å². The number of hydrogen-bond acceptors (Lipinski definition) is 5. The summed E-state index contributed by atoms with van der Waals surface area (Å²) in [5, 5.41) is 11.7. The summed E-state index contributed by atoms with van der Waals surface area (Å²) in [6, 6.07) is 19.8. The van der Waals surface area contributed by atoms with Crippen molar-refractivity contribution in [3.8, 4) is 17.0 Å². The lowest BCUT2D eigenvalue weighted by Crippen LogP contribution is -2.45. The fourth-order valence-electron chi connectivity index (χ4n) is 6.24. The minimum Gasteiger partial charge on any atom is -0.490 e. The molecule has 206 valence electrons. The van der Waals surface area contributed by atoms with Crippen LogP contribution in [-0.4, -0.2) is 50.6 Å². The normalized spacial score (nSPS) is 21.0. The number of fused-ring (bicyclic) bond motifs is 3. The predicted octanol–water partition coefficient (Wildman–Crippen LogP) is 5.67. The Hall–Kier alpha value is -4.20. The molecule has 2 amide bonds. The quantitative estimate of drug-likeness (QED) is 0.268. The van der Waals surface area contributed by atoms with Crippen LogP contribution < -0.4 is 10.1 Å². The highest BCUT2D eigenvalue weighted by atomic mass is 16.5. The molecule has 40 heavy (non-hydrogen) atoms. The fourth-order valence-corrected chi connectivity index (χ4v) is 6.24. The van der Waals surface area contributed by atoms with Gasteiger partial charge < -0.3 is 15.0 Å². The molecule has 8 heteroatoms. The first-order valence-corrected chi connectivity index (χ1v) is 14.2. The van der Waals surface area contributed by atoms with E-state index >= 15 is 0 Å². The molecular weight excluding hydrogens is 502 g/mol. The lowest BCUT2D eigenvalue weighted by atomic mass is 9.99. The molecule has 0 aliphatic carbocycles. The zero-order valence-electron chi connectivity index (χ0n) is 22.9. The predicted molar refractivity (Wildman–Crippen MR) is 154 cm³/mol. The van der Waals surface area contributed by atoms with Gasteiger partial charge in [-0.1, -0.05) is 19.9 Å². The van der Waals surface area contributed by atoms with Crippen molar-refractivity contribution in [2.75, 3.05) is 0 Å². The number of nitrogens with one attached hydrogen (secondary N) is 2. The van der Waals surface area contributed by atoms with Gasteiger partial charge in [0.2, 0.25) is 6.41 Å². The summed E-state index contributed by atoms with van der Waals surface area (Å²) in [5.74, 6) is 1.09. The van der Waals surface area contributed by atoms with Crippen molar-refractivity contribution in [2.45, 2.75) is 70.2 Å². The van der Waals surface area contributed by atoms with Crippen LogP contribution in [0.4, 0.5) is 0 Å². The lowest BCUT2D eigenvalue weighted by molar-refractivity contribution is -0.123. The Morgan fingerprint density at radius 3 is 2.55 bits per heavy atom. The summed E-state index contributed by atoms with van der Waals surface area (Å²) in [6.45, 7) is 4.28. The van der Waals surface area contributed by atoms with Gasteiger partial charge in [-0.2, -0.15) is 5.10 Å². The summed E-state index contributed by atoms with van der Waals surface area (Å²) < 4.78 is 6.31. The Kier molecular flexibility index (Phi) is 7.24. The van der Waals surface area contributed by atoms with Gasteiger partial charge in [-0.3, -0.25) is 19.7 Å². The molecule has 4 aromatic rings. The number of hydrogen-bond donors (Lipinski definition) is 2. The van der Waals surface area contributed by atoms with Crippen molar-refractivity contribution in [2.24, 2.45) is 5.92 Å². The molecule has 2 fully saturated rings. The van der Waals surface area contributed by atoms with Crippen molar-refractivity contribution in [3.63, 3.8) is 0 Å². The SMILES string of the molecule is CC(C)CC(NC(=O)c1ccc2[nH]nc(-c3ccc(O[C@H]4C[C@H]5CC[C@@H](C4)N5C=O)cc3)c2c1)c1ccccn1. The van der Waals surface area contributed by atoms with Gasteiger partial charge in [0.1, 0.15) is 11.9 Å². The highest BCUT2D eigenvalue weighted by Gasteiger charge is 2.40. The average molecular weight is 538 g/mol. The van der Waals surface area contributed by atoms with Crippen LogP contribution in [0.15, 0.2) is 66.9 Å². The van der Waals surface area contributed by atoms with Gasteiger partial charge >= 0.3 is 0 Å². The van der Waals surface area contributed by atoms with Crippen molar-refractivity contribution in [1.82, 2.24) is 25.4 Å². The standard InChI is InChI=1S/C32H35N5O3/c1-20(2)15-30(29-5-3-4-14-33-29)34-32(39)22-8-13-28-27(16-22)31(36-35-28)21-6-11-25(12-7-21)40-26-17-23-9-10-24(18-26)37(23)19-38/h3-8,11-14,16,19-20,23-24,26,30H,9-10,15,17-18H2,1-2H3,(H,34,39)(H,35,36)/t23-,24+,26+,30?. The number of nitrogens with zero attached hydrogens (tertiary/aromatic N) is 3. The molecule has 4 atom stereocenters. The molecule has 2 aliphatic rings. The molecule has 0 spiro atoms. The molecule has 6 rings (SSSR count). The number of aromatic amines is 1. The monoisotopic (exact) mass is 537 g/mol. The number of amides is 2. The number of benzene rings is 2. The molecule has 2 aromatic carbocycles. The molecule has 4 heterocycles. The molecule has 0 radical (unpaired) electrons. The van der Waals surface area contributed by atoms with E-state index < -0.39 is 0 Å². The van der Waals surface area contributed by atoms with Crippen LogP contribution in [-0.2, 0) is 4.79 Å². The first-order valence-electron chi connectivity index (χ1n) is 14.2. The van der Waals surface area contributed by atoms with E-state index in [2.05, 4.69) is 34.3 Å². The topological polar surface area (TPSA) is 100 Å². The van der Waals surface area contributed by atoms with E-state index in [1.165, 1.54) is 0 Å². The minimum absolute atomic E-state index is 0.123. The molecule has 2 N–H and O–H groups in total. The number of H-pyrrole nitrogens is 1.